The first-order valence-electron chi connectivity index (χ1n) is 7.48. The third-order valence-electron chi connectivity index (χ3n) is 3.59. The van der Waals surface area contributed by atoms with Crippen LogP contribution in [-0.4, -0.2) is 15.9 Å². The van der Waals surface area contributed by atoms with Gasteiger partial charge in [-0.3, -0.25) is 14.9 Å². The second-order valence-corrected chi connectivity index (χ2v) is 6.26. The summed E-state index contributed by atoms with van der Waals surface area (Å²) in [4.78, 5) is 22.6. The van der Waals surface area contributed by atoms with Gasteiger partial charge in [0.1, 0.15) is 11.6 Å². The molecule has 26 heavy (non-hydrogen) atoms. The number of nitro groups is 1. The van der Waals surface area contributed by atoms with Gasteiger partial charge in [0.15, 0.2) is 0 Å². The molecule has 0 fully saturated rings. The van der Waals surface area contributed by atoms with E-state index in [1.807, 2.05) is 30.3 Å². The molecule has 0 saturated carbocycles. The van der Waals surface area contributed by atoms with E-state index in [2.05, 4.69) is 21.2 Å². The lowest BCUT2D eigenvalue weighted by Crippen LogP contribution is -2.27. The van der Waals surface area contributed by atoms with Gasteiger partial charge in [0, 0.05) is 6.07 Å². The van der Waals surface area contributed by atoms with E-state index in [4.69, 9.17) is 0 Å². The van der Waals surface area contributed by atoms with Crippen molar-refractivity contribution < 1.29 is 14.8 Å². The second kappa shape index (κ2) is 8.27. The molecule has 7 nitrogen and oxygen atoms in total. The highest BCUT2D eigenvalue weighted by Gasteiger charge is 2.19. The monoisotopic (exact) mass is 415 g/mol. The van der Waals surface area contributed by atoms with E-state index in [-0.39, 0.29) is 21.7 Å². The van der Waals surface area contributed by atoms with Crippen LogP contribution in [-0.2, 0) is 4.79 Å². The number of carbonyl (C=O) groups excluding carboxylic acids is 1. The Balaban J connectivity index is 2.29. The number of phenolic OH excluding ortho intramolecular Hbond substituents is 1. The fourth-order valence-corrected chi connectivity index (χ4v) is 2.71. The second-order valence-electron chi connectivity index (χ2n) is 5.40. The van der Waals surface area contributed by atoms with Gasteiger partial charge in [0.25, 0.3) is 5.91 Å². The highest BCUT2D eigenvalue weighted by molar-refractivity contribution is 9.10. The van der Waals surface area contributed by atoms with Gasteiger partial charge >= 0.3 is 5.69 Å². The lowest BCUT2D eigenvalue weighted by molar-refractivity contribution is -0.386. The predicted octanol–water partition coefficient (Wildman–Crippen LogP) is 3.85. The minimum Gasteiger partial charge on any atom is -0.501 e. The van der Waals surface area contributed by atoms with Crippen LogP contribution < -0.4 is 5.32 Å². The summed E-state index contributed by atoms with van der Waals surface area (Å²) in [5.41, 5.74) is 0.377. The van der Waals surface area contributed by atoms with E-state index >= 15 is 0 Å². The third kappa shape index (κ3) is 4.46. The van der Waals surface area contributed by atoms with E-state index in [0.29, 0.717) is 0 Å². The number of carbonyl (C=O) groups is 1. The average Bonchev–Trinajstić information content (AvgIpc) is 2.62. The van der Waals surface area contributed by atoms with Crippen molar-refractivity contribution >= 4 is 33.6 Å². The van der Waals surface area contributed by atoms with Crippen molar-refractivity contribution in [2.24, 2.45) is 0 Å². The highest BCUT2D eigenvalue weighted by atomic mass is 79.9. The maximum absolute atomic E-state index is 12.3. The molecule has 0 aliphatic carbocycles. The van der Waals surface area contributed by atoms with Gasteiger partial charge in [-0.15, -0.1) is 0 Å². The van der Waals surface area contributed by atoms with Crippen LogP contribution in [0, 0.1) is 21.4 Å². The van der Waals surface area contributed by atoms with Crippen molar-refractivity contribution in [3.8, 4) is 11.8 Å². The Bertz CT molecular complexity index is 920. The molecule has 0 aliphatic rings. The number of halogens is 1. The first-order chi connectivity index (χ1) is 12.3. The number of amides is 1. The minimum atomic E-state index is -0.749. The number of nitrogens with one attached hydrogen (secondary N) is 1. The maximum atomic E-state index is 12.3. The van der Waals surface area contributed by atoms with Gasteiger partial charge in [0.2, 0.25) is 5.75 Å². The van der Waals surface area contributed by atoms with Crippen molar-refractivity contribution in [3.63, 3.8) is 0 Å². The van der Waals surface area contributed by atoms with E-state index in [9.17, 15) is 25.3 Å². The van der Waals surface area contributed by atoms with Crippen molar-refractivity contribution in [1.82, 2.24) is 5.32 Å². The van der Waals surface area contributed by atoms with E-state index in [1.54, 1.807) is 13.0 Å². The highest BCUT2D eigenvalue weighted by Crippen LogP contribution is 2.35. The van der Waals surface area contributed by atoms with Gasteiger partial charge in [0.05, 0.1) is 15.4 Å². The average molecular weight is 416 g/mol. The summed E-state index contributed by atoms with van der Waals surface area (Å²) in [5.74, 6) is -1.12. The first kappa shape index (κ1) is 19.1. The Hall–Kier alpha value is -3.18. The van der Waals surface area contributed by atoms with Crippen LogP contribution in [0.5, 0.6) is 5.75 Å². The summed E-state index contributed by atoms with van der Waals surface area (Å²) >= 11 is 3.02. The number of aromatic hydroxyl groups is 1. The van der Waals surface area contributed by atoms with E-state index in [0.717, 1.165) is 11.6 Å². The normalized spacial score (nSPS) is 12.1. The molecule has 0 bridgehead atoms. The Morgan fingerprint density at radius 3 is 2.62 bits per heavy atom. The molecule has 0 spiro atoms. The van der Waals surface area contributed by atoms with Crippen LogP contribution >= 0.6 is 15.9 Å². The number of hydrogen-bond acceptors (Lipinski definition) is 5. The number of nitrogens with zero attached hydrogens (tertiary/aromatic N) is 2. The quantitative estimate of drug-likeness (QED) is 0.333. The summed E-state index contributed by atoms with van der Waals surface area (Å²) in [6, 6.07) is 13.2. The first-order valence-corrected chi connectivity index (χ1v) is 8.27. The van der Waals surface area contributed by atoms with Crippen LogP contribution in [0.4, 0.5) is 5.69 Å². The SMILES string of the molecule is C[C@H](NC(=O)/C(C#N)=C\c1cc(Br)c(O)c([N+](=O)[O-])c1)c1ccccc1. The number of phenols is 1. The molecule has 0 radical (unpaired) electrons. The van der Waals surface area contributed by atoms with Crippen molar-refractivity contribution in [2.75, 3.05) is 0 Å². The van der Waals surface area contributed by atoms with Crippen molar-refractivity contribution in [2.45, 2.75) is 13.0 Å². The van der Waals surface area contributed by atoms with E-state index < -0.39 is 22.3 Å². The lowest BCUT2D eigenvalue weighted by Gasteiger charge is -2.13. The lowest BCUT2D eigenvalue weighted by atomic mass is 10.1. The smallest absolute Gasteiger partial charge is 0.312 e. The van der Waals surface area contributed by atoms with E-state index in [1.165, 1.54) is 12.1 Å². The van der Waals surface area contributed by atoms with Crippen LogP contribution in [0.15, 0.2) is 52.5 Å². The molecule has 0 saturated heterocycles. The van der Waals surface area contributed by atoms with Crippen LogP contribution in [0.1, 0.15) is 24.1 Å². The molecule has 0 aromatic heterocycles. The summed E-state index contributed by atoms with van der Waals surface area (Å²) in [5, 5.41) is 32.6. The summed E-state index contributed by atoms with van der Waals surface area (Å²) in [6.45, 7) is 1.78. The number of benzene rings is 2. The van der Waals surface area contributed by atoms with Gasteiger partial charge in [-0.05, 0) is 46.1 Å². The number of nitriles is 1. The Kier molecular flexibility index (Phi) is 6.09. The molecule has 0 aliphatic heterocycles. The largest absolute Gasteiger partial charge is 0.501 e. The number of hydrogen-bond donors (Lipinski definition) is 2. The van der Waals surface area contributed by atoms with Crippen LogP contribution in [0.25, 0.3) is 6.08 Å². The Labute approximate surface area is 157 Å². The zero-order valence-corrected chi connectivity index (χ0v) is 15.2. The fourth-order valence-electron chi connectivity index (χ4n) is 2.24. The molecule has 1 atom stereocenters. The minimum absolute atomic E-state index is 0.0910. The zero-order chi connectivity index (χ0) is 19.3. The van der Waals surface area contributed by atoms with Gasteiger partial charge in [-0.2, -0.15) is 5.26 Å². The molecule has 2 N–H and O–H groups in total. The molecule has 1 amide bonds. The van der Waals surface area contributed by atoms with Crippen molar-refractivity contribution in [3.05, 3.63) is 73.8 Å². The van der Waals surface area contributed by atoms with Gasteiger partial charge in [-0.1, -0.05) is 30.3 Å². The van der Waals surface area contributed by atoms with Gasteiger partial charge in [-0.25, -0.2) is 0 Å². The predicted molar refractivity (Wildman–Crippen MR) is 99.1 cm³/mol. The Morgan fingerprint density at radius 1 is 1.38 bits per heavy atom. The van der Waals surface area contributed by atoms with Crippen LogP contribution in [0.2, 0.25) is 0 Å². The zero-order valence-electron chi connectivity index (χ0n) is 13.6. The molecule has 8 heteroatoms. The summed E-state index contributed by atoms with van der Waals surface area (Å²) < 4.78 is 0.0910. The fraction of sp³-hybridized carbons (Fsp3) is 0.111. The summed E-state index contributed by atoms with van der Waals surface area (Å²) in [7, 11) is 0. The topological polar surface area (TPSA) is 116 Å². The molecular weight excluding hydrogens is 402 g/mol. The standard InChI is InChI=1S/C18H14BrN3O4/c1-11(13-5-3-2-4-6-13)21-18(24)14(10-20)7-12-8-15(19)17(23)16(9-12)22(25)26/h2-9,11,23H,1H3,(H,21,24)/b14-7-/t11-/m0/s1. The van der Waals surface area contributed by atoms with Crippen LogP contribution in [0.3, 0.4) is 0 Å². The molecule has 2 aromatic carbocycles. The number of nitro benzene ring substituents is 1. The molecule has 0 heterocycles. The molecular formula is C18H14BrN3O4. The van der Waals surface area contributed by atoms with Gasteiger partial charge < -0.3 is 10.4 Å². The number of rotatable bonds is 5. The Morgan fingerprint density at radius 2 is 2.04 bits per heavy atom. The summed E-state index contributed by atoms with van der Waals surface area (Å²) in [6.07, 6.45) is 1.23. The molecule has 0 unspecified atom stereocenters. The molecule has 2 aromatic rings. The third-order valence-corrected chi connectivity index (χ3v) is 4.19. The van der Waals surface area contributed by atoms with Crippen molar-refractivity contribution in [1.29, 1.82) is 5.26 Å². The molecule has 132 valence electrons. The molecule has 2 rings (SSSR count). The maximum Gasteiger partial charge on any atom is 0.312 e.